The Kier molecular flexibility index (Phi) is 16.3. The van der Waals surface area contributed by atoms with Crippen molar-refractivity contribution in [3.05, 3.63) is 179 Å². The lowest BCUT2D eigenvalue weighted by atomic mass is 9.94. The molecule has 5 aromatic carbocycles. The number of hydrogen-bond acceptors (Lipinski definition) is 10. The lowest BCUT2D eigenvalue weighted by molar-refractivity contribution is -0.389. The molecule has 15 heteroatoms. The number of amides is 1. The average Bonchev–Trinajstić information content (AvgIpc) is 3.32. The quantitative estimate of drug-likeness (QED) is 0.0910. The molecule has 0 radical (unpaired) electrons. The van der Waals surface area contributed by atoms with Crippen molar-refractivity contribution in [2.24, 2.45) is 0 Å². The van der Waals surface area contributed by atoms with Gasteiger partial charge in [-0.15, -0.1) is 0 Å². The third-order valence-electron chi connectivity index (χ3n) is 11.1. The molecule has 0 aromatic heterocycles. The zero-order chi connectivity index (χ0) is 44.3. The largest absolute Gasteiger partial charge is 0.374 e. The second kappa shape index (κ2) is 22.5. The maximum Gasteiger partial charge on any atom is 0.272 e. The summed E-state index contributed by atoms with van der Waals surface area (Å²) >= 11 is 18.1. The zero-order valence-electron chi connectivity index (χ0n) is 34.6. The fourth-order valence-electron chi connectivity index (χ4n) is 7.90. The number of halogens is 4. The van der Waals surface area contributed by atoms with Crippen molar-refractivity contribution < 1.29 is 51.8 Å². The first-order chi connectivity index (χ1) is 31.2. The number of carbonyl (C=O) groups is 1. The second-order valence-electron chi connectivity index (χ2n) is 15.6. The lowest BCUT2D eigenvalue weighted by Gasteiger charge is -2.51. The van der Waals surface area contributed by atoms with E-state index in [9.17, 15) is 4.79 Å². The van der Waals surface area contributed by atoms with Crippen molar-refractivity contribution >= 4 is 40.7 Å². The van der Waals surface area contributed by atoms with Crippen LogP contribution in [0, 0.1) is 0 Å². The van der Waals surface area contributed by atoms with E-state index in [0.717, 1.165) is 27.8 Å². The minimum atomic E-state index is -2.44. The number of fused-ring (bicyclic) bond motifs is 1. The van der Waals surface area contributed by atoms with Crippen LogP contribution in [0.15, 0.2) is 152 Å². The van der Waals surface area contributed by atoms with Crippen LogP contribution < -0.4 is 5.32 Å². The summed E-state index contributed by atoms with van der Waals surface area (Å²) in [6, 6.07) is 46.3. The van der Waals surface area contributed by atoms with Crippen LogP contribution in [0.5, 0.6) is 0 Å². The summed E-state index contributed by atoms with van der Waals surface area (Å²) in [5.74, 6) is -1.08. The van der Waals surface area contributed by atoms with Crippen LogP contribution in [0.2, 0.25) is 0 Å². The van der Waals surface area contributed by atoms with E-state index in [-0.39, 0.29) is 39.6 Å². The Balaban J connectivity index is 1.16. The van der Waals surface area contributed by atoms with Gasteiger partial charge in [-0.05, 0) is 22.3 Å². The average molecular weight is 937 g/mol. The van der Waals surface area contributed by atoms with Gasteiger partial charge in [0.15, 0.2) is 12.6 Å². The molecule has 3 saturated heterocycles. The second-order valence-corrected chi connectivity index (χ2v) is 17.9. The first-order valence-corrected chi connectivity index (χ1v) is 22.2. The van der Waals surface area contributed by atoms with Gasteiger partial charge in [-0.3, -0.25) is 4.79 Å². The van der Waals surface area contributed by atoms with Crippen LogP contribution in [-0.4, -0.2) is 84.3 Å². The Hall–Kier alpha value is -3.99. The Labute approximate surface area is 386 Å². The van der Waals surface area contributed by atoms with Gasteiger partial charge in [0, 0.05) is 5.56 Å². The van der Waals surface area contributed by atoms with E-state index in [1.54, 1.807) is 0 Å². The fourth-order valence-corrected chi connectivity index (χ4v) is 8.06. The van der Waals surface area contributed by atoms with Crippen molar-refractivity contribution in [1.82, 2.24) is 5.32 Å². The number of benzene rings is 5. The number of rotatable bonds is 17. The molecule has 11 atom stereocenters. The van der Waals surface area contributed by atoms with E-state index < -0.39 is 77.4 Å². The molecule has 338 valence electrons. The molecule has 5 aromatic rings. The van der Waals surface area contributed by atoms with E-state index in [2.05, 4.69) is 5.32 Å². The Morgan fingerprint density at radius 3 is 1.62 bits per heavy atom. The number of ether oxygens (including phenoxy) is 9. The summed E-state index contributed by atoms with van der Waals surface area (Å²) in [6.07, 6.45) is -10.9. The third kappa shape index (κ3) is 12.3. The summed E-state index contributed by atoms with van der Waals surface area (Å²) in [4.78, 5) is 13.3. The molecular formula is C49H49Cl3FNO10. The molecule has 0 saturated carbocycles. The number of nitrogens with one attached hydrogen (secondary N) is 1. The van der Waals surface area contributed by atoms with Gasteiger partial charge in [-0.2, -0.15) is 0 Å². The first kappa shape index (κ1) is 46.5. The molecule has 11 nitrogen and oxygen atoms in total. The normalized spacial score (nSPS) is 28.2. The minimum Gasteiger partial charge on any atom is -0.374 e. The van der Waals surface area contributed by atoms with Crippen molar-refractivity contribution in [3.8, 4) is 0 Å². The molecule has 0 spiro atoms. The Bertz CT molecular complexity index is 2170. The SMILES string of the molecule is O=C(N[C@@H]1[C@@H](OCc2ccccc2)[C@H](O[C@@H]2O[C@@H]3COC(c4ccccc4)O[C@@H]3[C@H](OCc3ccccc3)[C@H]2OCc2ccccc2)[C@@H](COCc2ccccc2)O[C@@H]1F)C(Cl)(Cl)Cl. The van der Waals surface area contributed by atoms with Gasteiger partial charge in [0.1, 0.15) is 48.8 Å². The highest BCUT2D eigenvalue weighted by Crippen LogP contribution is 2.40. The van der Waals surface area contributed by atoms with Crippen molar-refractivity contribution in [1.29, 1.82) is 0 Å². The van der Waals surface area contributed by atoms with Crippen molar-refractivity contribution in [2.75, 3.05) is 13.2 Å². The topological polar surface area (TPSA) is 112 Å². The fraction of sp³-hybridized carbons (Fsp3) is 0.367. The van der Waals surface area contributed by atoms with Crippen molar-refractivity contribution in [3.63, 3.8) is 0 Å². The van der Waals surface area contributed by atoms with Gasteiger partial charge in [-0.25, -0.2) is 4.39 Å². The van der Waals surface area contributed by atoms with Gasteiger partial charge in [-0.1, -0.05) is 186 Å². The van der Waals surface area contributed by atoms with E-state index in [1.807, 2.05) is 152 Å². The van der Waals surface area contributed by atoms with Crippen LogP contribution >= 0.6 is 34.8 Å². The molecule has 3 fully saturated rings. The molecule has 64 heavy (non-hydrogen) atoms. The monoisotopic (exact) mass is 935 g/mol. The van der Waals surface area contributed by atoms with Crippen LogP contribution in [-0.2, 0) is 73.9 Å². The third-order valence-corrected chi connectivity index (χ3v) is 11.6. The molecule has 0 aliphatic carbocycles. The van der Waals surface area contributed by atoms with E-state index in [1.165, 1.54) is 0 Å². The number of alkyl halides is 4. The smallest absolute Gasteiger partial charge is 0.272 e. The summed E-state index contributed by atoms with van der Waals surface area (Å²) in [7, 11) is 0. The number of hydrogen-bond donors (Lipinski definition) is 1. The predicted molar refractivity (Wildman–Crippen MR) is 237 cm³/mol. The molecule has 0 bridgehead atoms. The Morgan fingerprint density at radius 1 is 0.609 bits per heavy atom. The maximum absolute atomic E-state index is 16.6. The van der Waals surface area contributed by atoms with E-state index in [0.29, 0.717) is 0 Å². The molecule has 3 heterocycles. The number of carbonyl (C=O) groups excluding carboxylic acids is 1. The van der Waals surface area contributed by atoms with Crippen LogP contribution in [0.4, 0.5) is 4.39 Å². The highest BCUT2D eigenvalue weighted by atomic mass is 35.6. The van der Waals surface area contributed by atoms with Gasteiger partial charge in [0.2, 0.25) is 6.36 Å². The van der Waals surface area contributed by atoms with Gasteiger partial charge in [0.25, 0.3) is 9.70 Å². The summed E-state index contributed by atoms with van der Waals surface area (Å²) < 4.78 is 73.4. The molecule has 3 aliphatic heterocycles. The van der Waals surface area contributed by atoms with Gasteiger partial charge < -0.3 is 47.9 Å². The van der Waals surface area contributed by atoms with Crippen LogP contribution in [0.3, 0.4) is 0 Å². The summed E-state index contributed by atoms with van der Waals surface area (Å²) in [5.41, 5.74) is 4.28. The van der Waals surface area contributed by atoms with Crippen molar-refractivity contribution in [2.45, 2.75) is 97.9 Å². The maximum atomic E-state index is 16.6. The minimum absolute atomic E-state index is 0.00859. The van der Waals surface area contributed by atoms with E-state index >= 15 is 4.39 Å². The van der Waals surface area contributed by atoms with Crippen LogP contribution in [0.1, 0.15) is 34.1 Å². The lowest BCUT2D eigenvalue weighted by Crippen LogP contribution is -2.68. The zero-order valence-corrected chi connectivity index (χ0v) is 36.9. The van der Waals surface area contributed by atoms with Gasteiger partial charge in [0.05, 0.1) is 39.6 Å². The highest BCUT2D eigenvalue weighted by molar-refractivity contribution is 6.76. The molecule has 1 unspecified atom stereocenters. The summed E-state index contributed by atoms with van der Waals surface area (Å²) in [6.45, 7) is 0.477. The molecule has 3 aliphatic rings. The molecule has 1 amide bonds. The Morgan fingerprint density at radius 2 is 1.09 bits per heavy atom. The van der Waals surface area contributed by atoms with E-state index in [4.69, 9.17) is 77.4 Å². The predicted octanol–water partition coefficient (Wildman–Crippen LogP) is 8.73. The summed E-state index contributed by atoms with van der Waals surface area (Å²) in [5, 5.41) is 2.52. The molecule has 8 rings (SSSR count). The standard InChI is InChI=1S/C49H49Cl3FNO10/c50-49(51,52)48(55)54-39-42(57-27-33-18-8-2-9-19-33)40(37(61-45(39)53)30-56-26-32-16-6-1-7-17-32)64-47-44(59-29-35-22-12-4-13-23-35)43(58-28-34-20-10-3-11-21-34)41-38(62-47)31-60-46(63-41)36-24-14-5-15-25-36/h1-25,37-47H,26-31H2,(H,54,55)/t37-,38-,39-,40-,41+,42-,43+,44-,45+,46?,47+/m1/s1. The van der Waals surface area contributed by atoms with Crippen LogP contribution in [0.25, 0.3) is 0 Å². The highest BCUT2D eigenvalue weighted by Gasteiger charge is 2.56. The molecular weight excluding hydrogens is 888 g/mol. The first-order valence-electron chi connectivity index (χ1n) is 21.1. The van der Waals surface area contributed by atoms with Gasteiger partial charge >= 0.3 is 0 Å². The molecule has 1 N–H and O–H groups in total.